The fourth-order valence-electron chi connectivity index (χ4n) is 3.33. The monoisotopic (exact) mass is 381 g/mol. The quantitative estimate of drug-likeness (QED) is 0.250. The summed E-state index contributed by atoms with van der Waals surface area (Å²) in [4.78, 5) is 0. The lowest BCUT2D eigenvalue weighted by atomic mass is 10.0. The van der Waals surface area contributed by atoms with E-state index in [0.717, 1.165) is 18.4 Å². The summed E-state index contributed by atoms with van der Waals surface area (Å²) in [6.07, 6.45) is 19.6. The van der Waals surface area contributed by atoms with E-state index in [-0.39, 0.29) is 0 Å². The Morgan fingerprint density at radius 1 is 0.808 bits per heavy atom. The standard InChI is InChI=1S/C22H37O3S/c1-2-3-4-5-6-7-8-9-10-11-12-13-14-15-18-21-19-16-17-20-22(21)25-26(23)24/h17,19-20,26H,2-15,18H2,1H3. The fraction of sp³-hybridized carbons (Fsp3) is 0.727. The summed E-state index contributed by atoms with van der Waals surface area (Å²) in [6.45, 7) is 2.27. The number of hydrogen-bond donors (Lipinski definition) is 1. The van der Waals surface area contributed by atoms with E-state index in [4.69, 9.17) is 4.18 Å². The fourth-order valence-corrected chi connectivity index (χ4v) is 3.66. The molecule has 4 heteroatoms. The predicted octanol–water partition coefficient (Wildman–Crippen LogP) is 6.42. The molecule has 0 spiro atoms. The molecule has 0 saturated heterocycles. The summed E-state index contributed by atoms with van der Waals surface area (Å²) in [5.41, 5.74) is 0.936. The van der Waals surface area contributed by atoms with Gasteiger partial charge in [-0.25, -0.2) is 0 Å². The van der Waals surface area contributed by atoms with Crippen molar-refractivity contribution in [1.82, 2.24) is 0 Å². The molecule has 0 N–H and O–H groups in total. The van der Waals surface area contributed by atoms with E-state index in [2.05, 4.69) is 13.0 Å². The van der Waals surface area contributed by atoms with Crippen LogP contribution in [0.2, 0.25) is 0 Å². The Bertz CT molecular complexity index is 518. The molecule has 149 valence electrons. The summed E-state index contributed by atoms with van der Waals surface area (Å²) in [5.74, 6) is 0.453. The number of aryl methyl sites for hydroxylation is 1. The second-order valence-corrected chi connectivity index (χ2v) is 7.82. The minimum Gasteiger partial charge on any atom is -0.384 e. The molecule has 1 aromatic carbocycles. The Labute approximate surface area is 162 Å². The van der Waals surface area contributed by atoms with E-state index in [1.807, 2.05) is 6.07 Å². The van der Waals surface area contributed by atoms with Crippen LogP contribution in [0, 0.1) is 6.07 Å². The van der Waals surface area contributed by atoms with Crippen LogP contribution < -0.4 is 4.18 Å². The van der Waals surface area contributed by atoms with Crippen LogP contribution in [0.15, 0.2) is 18.2 Å². The topological polar surface area (TPSA) is 43.4 Å². The van der Waals surface area contributed by atoms with Crippen molar-refractivity contribution in [3.05, 3.63) is 29.8 Å². The summed E-state index contributed by atoms with van der Waals surface area (Å²) >= 11 is 0. The molecule has 26 heavy (non-hydrogen) atoms. The second kappa shape index (κ2) is 16.2. The minimum atomic E-state index is -2.84. The molecule has 0 atom stereocenters. The SMILES string of the molecule is CCCCCCCCCCCCCCCCc1c[c]ccc1O[SH](=O)=O. The van der Waals surface area contributed by atoms with Gasteiger partial charge in [-0.3, -0.25) is 0 Å². The van der Waals surface area contributed by atoms with Crippen molar-refractivity contribution < 1.29 is 12.6 Å². The van der Waals surface area contributed by atoms with Gasteiger partial charge in [-0.1, -0.05) is 96.5 Å². The number of benzene rings is 1. The van der Waals surface area contributed by atoms with Gasteiger partial charge >= 0.3 is 0 Å². The van der Waals surface area contributed by atoms with E-state index in [9.17, 15) is 8.42 Å². The third kappa shape index (κ3) is 12.3. The van der Waals surface area contributed by atoms with Gasteiger partial charge in [0.25, 0.3) is 11.0 Å². The van der Waals surface area contributed by atoms with E-state index in [1.54, 1.807) is 12.1 Å². The van der Waals surface area contributed by atoms with Crippen LogP contribution in [0.25, 0.3) is 0 Å². The highest BCUT2D eigenvalue weighted by Crippen LogP contribution is 2.21. The molecule has 0 unspecified atom stereocenters. The van der Waals surface area contributed by atoms with Crippen molar-refractivity contribution in [2.24, 2.45) is 0 Å². The molecule has 0 aliphatic rings. The van der Waals surface area contributed by atoms with Crippen molar-refractivity contribution in [2.75, 3.05) is 0 Å². The van der Waals surface area contributed by atoms with Gasteiger partial charge in [0.05, 0.1) is 0 Å². The van der Waals surface area contributed by atoms with Crippen LogP contribution in [0.5, 0.6) is 5.75 Å². The first kappa shape index (κ1) is 23.0. The molecule has 0 aliphatic heterocycles. The Kier molecular flexibility index (Phi) is 14.3. The molecular weight excluding hydrogens is 344 g/mol. The van der Waals surface area contributed by atoms with Crippen LogP contribution in [0.4, 0.5) is 0 Å². The molecule has 0 saturated carbocycles. The molecule has 0 heterocycles. The number of rotatable bonds is 17. The second-order valence-electron chi connectivity index (χ2n) is 7.19. The Balaban J connectivity index is 1.94. The van der Waals surface area contributed by atoms with Crippen molar-refractivity contribution in [2.45, 2.75) is 103 Å². The molecule has 0 aromatic heterocycles. The van der Waals surface area contributed by atoms with Crippen LogP contribution in [-0.4, -0.2) is 8.42 Å². The molecule has 0 amide bonds. The minimum absolute atomic E-state index is 0.453. The first-order valence-electron chi connectivity index (χ1n) is 10.6. The first-order valence-corrected chi connectivity index (χ1v) is 11.6. The third-order valence-corrected chi connectivity index (χ3v) is 5.22. The van der Waals surface area contributed by atoms with Crippen LogP contribution in [0.1, 0.15) is 102 Å². The maximum atomic E-state index is 10.7. The maximum Gasteiger partial charge on any atom is 0.299 e. The van der Waals surface area contributed by atoms with Crippen LogP contribution in [0.3, 0.4) is 0 Å². The Morgan fingerprint density at radius 2 is 1.31 bits per heavy atom. The average molecular weight is 382 g/mol. The van der Waals surface area contributed by atoms with Gasteiger partial charge in [-0.15, -0.1) is 0 Å². The zero-order valence-electron chi connectivity index (χ0n) is 16.5. The predicted molar refractivity (Wildman–Crippen MR) is 110 cm³/mol. The van der Waals surface area contributed by atoms with Crippen molar-refractivity contribution >= 4 is 11.0 Å². The highest BCUT2D eigenvalue weighted by Gasteiger charge is 2.04. The van der Waals surface area contributed by atoms with Gasteiger partial charge in [0.2, 0.25) is 0 Å². The molecule has 1 radical (unpaired) electrons. The summed E-state index contributed by atoms with van der Waals surface area (Å²) in [6, 6.07) is 8.18. The summed E-state index contributed by atoms with van der Waals surface area (Å²) in [5, 5.41) is 0. The highest BCUT2D eigenvalue weighted by molar-refractivity contribution is 7.67. The largest absolute Gasteiger partial charge is 0.384 e. The summed E-state index contributed by atoms with van der Waals surface area (Å²) in [7, 11) is -2.84. The van der Waals surface area contributed by atoms with Gasteiger partial charge in [0.1, 0.15) is 5.75 Å². The number of unbranched alkanes of at least 4 members (excludes halogenated alkanes) is 13. The molecule has 3 nitrogen and oxygen atoms in total. The maximum absolute atomic E-state index is 10.7. The number of thiol groups is 1. The smallest absolute Gasteiger partial charge is 0.299 e. The Morgan fingerprint density at radius 3 is 1.81 bits per heavy atom. The molecule has 0 fully saturated rings. The zero-order chi connectivity index (χ0) is 18.9. The molecule has 0 bridgehead atoms. The van der Waals surface area contributed by atoms with Gasteiger partial charge in [-0.05, 0) is 36.6 Å². The summed E-state index contributed by atoms with van der Waals surface area (Å²) < 4.78 is 26.3. The van der Waals surface area contributed by atoms with Crippen molar-refractivity contribution in [3.63, 3.8) is 0 Å². The van der Waals surface area contributed by atoms with Crippen molar-refractivity contribution in [1.29, 1.82) is 0 Å². The van der Waals surface area contributed by atoms with E-state index in [0.29, 0.717) is 5.75 Å². The van der Waals surface area contributed by atoms with E-state index in [1.165, 1.54) is 83.5 Å². The van der Waals surface area contributed by atoms with Crippen LogP contribution >= 0.6 is 0 Å². The normalized spacial score (nSPS) is 11.2. The van der Waals surface area contributed by atoms with Crippen LogP contribution in [-0.2, 0) is 17.4 Å². The van der Waals surface area contributed by atoms with E-state index >= 15 is 0 Å². The average Bonchev–Trinajstić information content (AvgIpc) is 2.63. The molecule has 1 rings (SSSR count). The van der Waals surface area contributed by atoms with Gasteiger partial charge in [-0.2, -0.15) is 8.42 Å². The van der Waals surface area contributed by atoms with Gasteiger partial charge in [0, 0.05) is 0 Å². The lowest BCUT2D eigenvalue weighted by molar-refractivity contribution is 0.505. The zero-order valence-corrected chi connectivity index (χ0v) is 17.4. The number of hydrogen-bond acceptors (Lipinski definition) is 3. The molecule has 1 aromatic rings. The molecular formula is C22H37O3S. The van der Waals surface area contributed by atoms with Gasteiger partial charge in [0.15, 0.2) is 0 Å². The first-order chi connectivity index (χ1) is 12.7. The van der Waals surface area contributed by atoms with E-state index < -0.39 is 11.0 Å². The lowest BCUT2D eigenvalue weighted by Crippen LogP contribution is -1.96. The third-order valence-electron chi connectivity index (χ3n) is 4.88. The highest BCUT2D eigenvalue weighted by atomic mass is 32.2. The van der Waals surface area contributed by atoms with Gasteiger partial charge < -0.3 is 4.18 Å². The lowest BCUT2D eigenvalue weighted by Gasteiger charge is -2.07. The van der Waals surface area contributed by atoms with Crippen molar-refractivity contribution in [3.8, 4) is 5.75 Å². The molecule has 0 aliphatic carbocycles. The Hall–Kier alpha value is -1.03.